The Morgan fingerprint density at radius 3 is 2.53 bits per heavy atom. The van der Waals surface area contributed by atoms with Crippen molar-refractivity contribution in [2.75, 3.05) is 6.61 Å². The third-order valence-electron chi connectivity index (χ3n) is 4.90. The second kappa shape index (κ2) is 8.99. The first-order chi connectivity index (χ1) is 14.5. The number of aromatic nitrogens is 2. The summed E-state index contributed by atoms with van der Waals surface area (Å²) >= 11 is 12.3. The van der Waals surface area contributed by atoms with Crippen LogP contribution in [-0.2, 0) is 6.54 Å². The van der Waals surface area contributed by atoms with Crippen LogP contribution >= 0.6 is 23.2 Å². The fraction of sp³-hybridized carbons (Fsp3) is 0.208. The lowest BCUT2D eigenvalue weighted by molar-refractivity contribution is 0.207. The van der Waals surface area contributed by atoms with Crippen LogP contribution in [0.3, 0.4) is 0 Å². The number of rotatable bonds is 7. The number of hydrogen-bond acceptors (Lipinski definition) is 3. The highest BCUT2D eigenvalue weighted by Gasteiger charge is 2.18. The Labute approximate surface area is 186 Å². The highest BCUT2D eigenvalue weighted by atomic mass is 35.5. The molecule has 0 spiro atoms. The Kier molecular flexibility index (Phi) is 6.16. The van der Waals surface area contributed by atoms with Crippen LogP contribution < -0.4 is 9.47 Å². The van der Waals surface area contributed by atoms with Gasteiger partial charge in [-0.25, -0.2) is 4.98 Å². The maximum atomic E-state index is 6.20. The van der Waals surface area contributed by atoms with E-state index >= 15 is 0 Å². The minimum Gasteiger partial charge on any atom is -0.490 e. The molecule has 4 nitrogen and oxygen atoms in total. The van der Waals surface area contributed by atoms with Gasteiger partial charge in [-0.2, -0.15) is 0 Å². The monoisotopic (exact) mass is 440 g/mol. The third-order valence-corrected chi connectivity index (χ3v) is 5.64. The van der Waals surface area contributed by atoms with Gasteiger partial charge >= 0.3 is 0 Å². The summed E-state index contributed by atoms with van der Waals surface area (Å²) in [5.41, 5.74) is 2.94. The van der Waals surface area contributed by atoms with Crippen LogP contribution in [0.5, 0.6) is 11.5 Å². The molecule has 4 rings (SSSR count). The molecule has 4 aromatic rings. The van der Waals surface area contributed by atoms with Crippen LogP contribution in [0.25, 0.3) is 11.0 Å². The summed E-state index contributed by atoms with van der Waals surface area (Å²) in [6.45, 7) is 5.04. The minimum atomic E-state index is -0.252. The molecule has 0 saturated heterocycles. The molecule has 1 heterocycles. The van der Waals surface area contributed by atoms with E-state index in [1.165, 1.54) is 0 Å². The Balaban J connectivity index is 1.57. The van der Waals surface area contributed by atoms with Gasteiger partial charge in [0, 0.05) is 5.02 Å². The van der Waals surface area contributed by atoms with E-state index in [9.17, 15) is 0 Å². The van der Waals surface area contributed by atoms with Gasteiger partial charge in [-0.1, -0.05) is 47.5 Å². The van der Waals surface area contributed by atoms with E-state index in [1.54, 1.807) is 0 Å². The zero-order valence-electron chi connectivity index (χ0n) is 16.8. The van der Waals surface area contributed by atoms with Gasteiger partial charge in [-0.15, -0.1) is 0 Å². The van der Waals surface area contributed by atoms with Crippen molar-refractivity contribution in [2.45, 2.75) is 26.5 Å². The lowest BCUT2D eigenvalue weighted by Crippen LogP contribution is -2.15. The molecule has 1 unspecified atom stereocenters. The summed E-state index contributed by atoms with van der Waals surface area (Å²) < 4.78 is 14.2. The molecule has 0 saturated carbocycles. The van der Waals surface area contributed by atoms with E-state index in [1.807, 2.05) is 74.5 Å². The summed E-state index contributed by atoms with van der Waals surface area (Å²) in [4.78, 5) is 4.82. The summed E-state index contributed by atoms with van der Waals surface area (Å²) in [5.74, 6) is 2.27. The van der Waals surface area contributed by atoms with Gasteiger partial charge in [0.05, 0.1) is 22.6 Å². The topological polar surface area (TPSA) is 36.3 Å². The average Bonchev–Trinajstić information content (AvgIpc) is 3.11. The standard InChI is InChI=1S/C24H22Cl2N2O2/c1-16-15-18(11-12-19(16)25)30-17(2)24-27-21-8-4-5-9-22(21)28(24)13-14-29-23-10-6-3-7-20(23)26/h3-12,15,17H,13-14H2,1-2H3. The van der Waals surface area contributed by atoms with Crippen LogP contribution in [0, 0.1) is 6.92 Å². The van der Waals surface area contributed by atoms with Crippen LogP contribution in [0.15, 0.2) is 66.7 Å². The molecule has 0 aliphatic rings. The van der Waals surface area contributed by atoms with E-state index in [-0.39, 0.29) is 6.10 Å². The van der Waals surface area contributed by atoms with Crippen molar-refractivity contribution in [3.8, 4) is 11.5 Å². The first-order valence-electron chi connectivity index (χ1n) is 9.78. The Morgan fingerprint density at radius 2 is 1.73 bits per heavy atom. The Morgan fingerprint density at radius 1 is 0.967 bits per heavy atom. The van der Waals surface area contributed by atoms with Gasteiger partial charge in [-0.05, 0) is 61.9 Å². The smallest absolute Gasteiger partial charge is 0.153 e. The average molecular weight is 441 g/mol. The van der Waals surface area contributed by atoms with Crippen molar-refractivity contribution in [1.82, 2.24) is 9.55 Å². The molecule has 1 atom stereocenters. The maximum absolute atomic E-state index is 6.20. The van der Waals surface area contributed by atoms with Gasteiger partial charge in [-0.3, -0.25) is 0 Å². The second-order valence-corrected chi connectivity index (χ2v) is 7.87. The molecule has 0 aliphatic carbocycles. The number of fused-ring (bicyclic) bond motifs is 1. The van der Waals surface area contributed by atoms with Crippen molar-refractivity contribution >= 4 is 34.2 Å². The molecule has 0 N–H and O–H groups in total. The summed E-state index contributed by atoms with van der Waals surface area (Å²) in [6.07, 6.45) is -0.252. The largest absolute Gasteiger partial charge is 0.490 e. The van der Waals surface area contributed by atoms with Gasteiger partial charge in [0.1, 0.15) is 18.1 Å². The number of para-hydroxylation sites is 3. The van der Waals surface area contributed by atoms with E-state index in [2.05, 4.69) is 10.6 Å². The lowest BCUT2D eigenvalue weighted by Gasteiger charge is -2.17. The molecule has 3 aromatic carbocycles. The maximum Gasteiger partial charge on any atom is 0.153 e. The lowest BCUT2D eigenvalue weighted by atomic mass is 10.2. The second-order valence-electron chi connectivity index (χ2n) is 7.06. The van der Waals surface area contributed by atoms with Gasteiger partial charge in [0.25, 0.3) is 0 Å². The van der Waals surface area contributed by atoms with E-state index in [4.69, 9.17) is 37.7 Å². The molecule has 0 radical (unpaired) electrons. The van der Waals surface area contributed by atoms with Crippen LogP contribution in [0.2, 0.25) is 10.0 Å². The van der Waals surface area contributed by atoms with Gasteiger partial charge in [0.2, 0.25) is 0 Å². The van der Waals surface area contributed by atoms with Crippen molar-refractivity contribution in [1.29, 1.82) is 0 Å². The van der Waals surface area contributed by atoms with Crippen molar-refractivity contribution in [2.24, 2.45) is 0 Å². The number of aryl methyl sites for hydroxylation is 1. The first-order valence-corrected chi connectivity index (χ1v) is 10.5. The Hall–Kier alpha value is -2.69. The van der Waals surface area contributed by atoms with Crippen LogP contribution in [0.1, 0.15) is 24.4 Å². The van der Waals surface area contributed by atoms with E-state index < -0.39 is 0 Å². The van der Waals surface area contributed by atoms with Crippen molar-refractivity contribution in [3.05, 3.63) is 88.2 Å². The number of hydrogen-bond donors (Lipinski definition) is 0. The fourth-order valence-corrected chi connectivity index (χ4v) is 3.70. The fourth-order valence-electron chi connectivity index (χ4n) is 3.40. The van der Waals surface area contributed by atoms with Crippen LogP contribution in [0.4, 0.5) is 0 Å². The predicted octanol–water partition coefficient (Wildman–Crippen LogP) is 6.87. The summed E-state index contributed by atoms with van der Waals surface area (Å²) in [7, 11) is 0. The number of halogens is 2. The quantitative estimate of drug-likeness (QED) is 0.314. The molecule has 0 aliphatic heterocycles. The van der Waals surface area contributed by atoms with Crippen molar-refractivity contribution < 1.29 is 9.47 Å². The third kappa shape index (κ3) is 4.40. The number of imidazole rings is 1. The highest BCUT2D eigenvalue weighted by molar-refractivity contribution is 6.32. The highest BCUT2D eigenvalue weighted by Crippen LogP contribution is 2.28. The minimum absolute atomic E-state index is 0.252. The zero-order chi connectivity index (χ0) is 21.1. The number of nitrogens with zero attached hydrogens (tertiary/aromatic N) is 2. The van der Waals surface area contributed by atoms with E-state index in [0.29, 0.717) is 23.9 Å². The molecule has 30 heavy (non-hydrogen) atoms. The Bertz CT molecular complexity index is 1170. The van der Waals surface area contributed by atoms with E-state index in [0.717, 1.165) is 33.2 Å². The summed E-state index contributed by atoms with van der Waals surface area (Å²) in [6, 6.07) is 21.2. The molecule has 154 valence electrons. The summed E-state index contributed by atoms with van der Waals surface area (Å²) in [5, 5.41) is 1.32. The van der Waals surface area contributed by atoms with Gasteiger partial charge in [0.15, 0.2) is 11.9 Å². The molecule has 1 aromatic heterocycles. The molecular weight excluding hydrogens is 419 g/mol. The molecule has 0 fully saturated rings. The normalized spacial score (nSPS) is 12.1. The molecule has 0 amide bonds. The van der Waals surface area contributed by atoms with Crippen LogP contribution in [-0.4, -0.2) is 16.2 Å². The SMILES string of the molecule is Cc1cc(OC(C)c2nc3ccccc3n2CCOc2ccccc2Cl)ccc1Cl. The van der Waals surface area contributed by atoms with Crippen molar-refractivity contribution in [3.63, 3.8) is 0 Å². The first kappa shape index (κ1) is 20.6. The predicted molar refractivity (Wildman–Crippen MR) is 122 cm³/mol. The zero-order valence-corrected chi connectivity index (χ0v) is 18.3. The molecule has 0 bridgehead atoms. The van der Waals surface area contributed by atoms with Gasteiger partial charge < -0.3 is 14.0 Å². The molecule has 6 heteroatoms. The molecular formula is C24H22Cl2N2O2. The number of benzene rings is 3. The number of ether oxygens (including phenoxy) is 2.